The minimum atomic E-state index is -0.821. The molecule has 0 radical (unpaired) electrons. The van der Waals surface area contributed by atoms with E-state index in [-0.39, 0.29) is 5.92 Å². The Bertz CT molecular complexity index is 652. The highest BCUT2D eigenvalue weighted by Crippen LogP contribution is 2.47. The summed E-state index contributed by atoms with van der Waals surface area (Å²) < 4.78 is 0. The smallest absolute Gasteiger partial charge is 0.313 e. The first-order valence-corrected chi connectivity index (χ1v) is 8.18. The molecule has 2 atom stereocenters. The van der Waals surface area contributed by atoms with Gasteiger partial charge in [-0.05, 0) is 49.7 Å². The highest BCUT2D eigenvalue weighted by Gasteiger charge is 2.42. The predicted molar refractivity (Wildman–Crippen MR) is 86.3 cm³/mol. The highest BCUT2D eigenvalue weighted by atomic mass is 16.4. The normalized spacial score (nSPS) is 28.8. The fourth-order valence-corrected chi connectivity index (χ4v) is 3.28. The van der Waals surface area contributed by atoms with E-state index in [0.717, 1.165) is 36.2 Å². The first-order valence-electron chi connectivity index (χ1n) is 8.18. The van der Waals surface area contributed by atoms with Crippen LogP contribution in [0, 0.1) is 17.3 Å². The van der Waals surface area contributed by atoms with Gasteiger partial charge in [0.1, 0.15) is 0 Å². The van der Waals surface area contributed by atoms with Crippen LogP contribution in [0.2, 0.25) is 0 Å². The van der Waals surface area contributed by atoms with Gasteiger partial charge in [0.15, 0.2) is 0 Å². The van der Waals surface area contributed by atoms with Crippen molar-refractivity contribution in [2.45, 2.75) is 46.5 Å². The maximum absolute atomic E-state index is 11.8. The van der Waals surface area contributed by atoms with E-state index in [0.29, 0.717) is 5.92 Å². The maximum Gasteiger partial charge on any atom is 0.313 e. The van der Waals surface area contributed by atoms with Crippen LogP contribution < -0.4 is 0 Å². The Kier molecular flexibility index (Phi) is 3.71. The van der Waals surface area contributed by atoms with E-state index in [4.69, 9.17) is 0 Å². The molecule has 0 aliphatic heterocycles. The second kappa shape index (κ2) is 5.41. The summed E-state index contributed by atoms with van der Waals surface area (Å²) in [6.07, 6.45) is 8.56. The van der Waals surface area contributed by atoms with E-state index in [2.05, 4.69) is 29.3 Å². The molecule has 2 aliphatic rings. The number of carboxylic acids is 1. The van der Waals surface area contributed by atoms with Gasteiger partial charge in [-0.2, -0.15) is 5.10 Å². The molecule has 2 aliphatic carbocycles. The van der Waals surface area contributed by atoms with Gasteiger partial charge < -0.3 is 5.11 Å². The molecule has 0 bridgehead atoms. The molecule has 4 nitrogen and oxygen atoms in total. The lowest BCUT2D eigenvalue weighted by Crippen LogP contribution is -2.35. The number of carboxylic acid groups (broad SMARTS) is 1. The minimum Gasteiger partial charge on any atom is -0.481 e. The molecule has 2 N–H and O–H groups in total. The minimum absolute atomic E-state index is 0.0504. The number of rotatable bonds is 4. The molecule has 1 aromatic rings. The van der Waals surface area contributed by atoms with E-state index in [1.807, 2.05) is 19.9 Å². The predicted octanol–water partition coefficient (Wildman–Crippen LogP) is 3.82. The Hall–Kier alpha value is -1.84. The monoisotopic (exact) mass is 300 g/mol. The highest BCUT2D eigenvalue weighted by molar-refractivity contribution is 5.86. The molecule has 0 saturated heterocycles. The quantitative estimate of drug-likeness (QED) is 0.888. The number of aromatic nitrogens is 2. The van der Waals surface area contributed by atoms with Crippen molar-refractivity contribution < 1.29 is 9.90 Å². The molecule has 1 heterocycles. The third-order valence-electron chi connectivity index (χ3n) is 5.42. The van der Waals surface area contributed by atoms with Crippen LogP contribution in [0.4, 0.5) is 0 Å². The number of hydrogen-bond donors (Lipinski definition) is 2. The zero-order chi connectivity index (χ0) is 15.9. The van der Waals surface area contributed by atoms with Gasteiger partial charge in [0.25, 0.3) is 0 Å². The Balaban J connectivity index is 2.04. The van der Waals surface area contributed by atoms with E-state index < -0.39 is 11.4 Å². The molecule has 1 saturated carbocycles. The average molecular weight is 300 g/mol. The Morgan fingerprint density at radius 1 is 1.50 bits per heavy atom. The average Bonchev–Trinajstić information content (AvgIpc) is 2.89. The van der Waals surface area contributed by atoms with Crippen LogP contribution in [0.25, 0.3) is 5.57 Å². The Morgan fingerprint density at radius 2 is 2.23 bits per heavy atom. The second-order valence-electron chi connectivity index (χ2n) is 6.82. The van der Waals surface area contributed by atoms with Gasteiger partial charge >= 0.3 is 5.97 Å². The summed E-state index contributed by atoms with van der Waals surface area (Å²) in [6.45, 7) is 5.91. The summed E-state index contributed by atoms with van der Waals surface area (Å²) in [5.41, 5.74) is 3.56. The van der Waals surface area contributed by atoms with Gasteiger partial charge in [0.2, 0.25) is 0 Å². The lowest BCUT2D eigenvalue weighted by Gasteiger charge is -2.38. The van der Waals surface area contributed by atoms with Crippen molar-refractivity contribution in [2.75, 3.05) is 0 Å². The lowest BCUT2D eigenvalue weighted by molar-refractivity contribution is -0.146. The van der Waals surface area contributed by atoms with Gasteiger partial charge in [-0.1, -0.05) is 32.4 Å². The van der Waals surface area contributed by atoms with Crippen LogP contribution in [0.15, 0.2) is 23.8 Å². The molecule has 4 heteroatoms. The van der Waals surface area contributed by atoms with Crippen molar-refractivity contribution in [1.82, 2.24) is 10.2 Å². The molecule has 1 aromatic heterocycles. The summed E-state index contributed by atoms with van der Waals surface area (Å²) in [6, 6.07) is 2.09. The molecule has 0 spiro atoms. The third-order valence-corrected chi connectivity index (χ3v) is 5.42. The molecular weight excluding hydrogens is 276 g/mol. The van der Waals surface area contributed by atoms with Crippen molar-refractivity contribution in [3.05, 3.63) is 35.2 Å². The van der Waals surface area contributed by atoms with Crippen molar-refractivity contribution in [3.8, 4) is 0 Å². The van der Waals surface area contributed by atoms with E-state index in [1.54, 1.807) is 0 Å². The largest absolute Gasteiger partial charge is 0.481 e. The lowest BCUT2D eigenvalue weighted by atomic mass is 9.66. The van der Waals surface area contributed by atoms with Crippen LogP contribution in [-0.4, -0.2) is 21.3 Å². The van der Waals surface area contributed by atoms with Crippen molar-refractivity contribution in [1.29, 1.82) is 0 Å². The maximum atomic E-state index is 11.8. The van der Waals surface area contributed by atoms with Gasteiger partial charge in [0.05, 0.1) is 11.1 Å². The molecule has 118 valence electrons. The van der Waals surface area contributed by atoms with Gasteiger partial charge in [-0.3, -0.25) is 9.89 Å². The van der Waals surface area contributed by atoms with E-state index in [9.17, 15) is 9.90 Å². The van der Waals surface area contributed by atoms with Gasteiger partial charge in [-0.15, -0.1) is 0 Å². The SMILES string of the molecule is CCc1cc(C2=CC(C)C(C)(C(=O)O)C=C2C2CCC2)n[nH]1. The van der Waals surface area contributed by atoms with E-state index >= 15 is 0 Å². The summed E-state index contributed by atoms with van der Waals surface area (Å²) in [5.74, 6) is -0.312. The molecule has 0 amide bonds. The summed E-state index contributed by atoms with van der Waals surface area (Å²) in [4.78, 5) is 11.8. The van der Waals surface area contributed by atoms with Crippen LogP contribution in [0.5, 0.6) is 0 Å². The Morgan fingerprint density at radius 3 is 2.73 bits per heavy atom. The number of hydrogen-bond acceptors (Lipinski definition) is 2. The molecular formula is C18H24N2O2. The zero-order valence-corrected chi connectivity index (χ0v) is 13.5. The number of aryl methyl sites for hydroxylation is 1. The first kappa shape index (κ1) is 15.1. The third kappa shape index (κ3) is 2.31. The second-order valence-corrected chi connectivity index (χ2v) is 6.82. The fourth-order valence-electron chi connectivity index (χ4n) is 3.28. The van der Waals surface area contributed by atoms with Gasteiger partial charge in [0, 0.05) is 11.3 Å². The summed E-state index contributed by atoms with van der Waals surface area (Å²) in [7, 11) is 0. The van der Waals surface area contributed by atoms with Crippen molar-refractivity contribution >= 4 is 11.5 Å². The van der Waals surface area contributed by atoms with Crippen molar-refractivity contribution in [2.24, 2.45) is 17.3 Å². The summed E-state index contributed by atoms with van der Waals surface area (Å²) >= 11 is 0. The summed E-state index contributed by atoms with van der Waals surface area (Å²) in [5, 5.41) is 17.2. The number of carbonyl (C=O) groups is 1. The standard InChI is InChI=1S/C18H24N2O2/c1-4-13-9-16(20-19-13)14-8-11(2)18(3,17(21)22)10-15(14)12-6-5-7-12/h8-12H,4-7H2,1-3H3,(H,19,20)(H,21,22). The van der Waals surface area contributed by atoms with Crippen LogP contribution in [0.1, 0.15) is 51.4 Å². The van der Waals surface area contributed by atoms with Crippen LogP contribution in [0.3, 0.4) is 0 Å². The first-order chi connectivity index (χ1) is 10.5. The number of aliphatic carboxylic acids is 1. The molecule has 1 fully saturated rings. The number of H-pyrrole nitrogens is 1. The Labute approximate surface area is 131 Å². The number of nitrogens with zero attached hydrogens (tertiary/aromatic N) is 1. The zero-order valence-electron chi connectivity index (χ0n) is 13.5. The molecule has 0 aromatic carbocycles. The van der Waals surface area contributed by atoms with Crippen molar-refractivity contribution in [3.63, 3.8) is 0 Å². The number of allylic oxidation sites excluding steroid dienone is 3. The number of aromatic amines is 1. The molecule has 3 rings (SSSR count). The molecule has 2 unspecified atom stereocenters. The van der Waals surface area contributed by atoms with Crippen LogP contribution in [-0.2, 0) is 11.2 Å². The number of nitrogens with one attached hydrogen (secondary N) is 1. The topological polar surface area (TPSA) is 66.0 Å². The van der Waals surface area contributed by atoms with E-state index in [1.165, 1.54) is 12.0 Å². The van der Waals surface area contributed by atoms with Gasteiger partial charge in [-0.25, -0.2) is 0 Å². The molecule has 22 heavy (non-hydrogen) atoms. The van der Waals surface area contributed by atoms with Crippen LogP contribution >= 0.6 is 0 Å². The fraction of sp³-hybridized carbons (Fsp3) is 0.556.